The van der Waals surface area contributed by atoms with Crippen molar-refractivity contribution in [1.82, 2.24) is 10.6 Å². The number of carbonyl (C=O) groups excluding carboxylic acids is 3. The Balaban J connectivity index is 0.00000118. The quantitative estimate of drug-likeness (QED) is 0.629. The molecule has 24 heavy (non-hydrogen) atoms. The van der Waals surface area contributed by atoms with Gasteiger partial charge < -0.3 is 20.5 Å². The van der Waals surface area contributed by atoms with Crippen molar-refractivity contribution in [2.75, 3.05) is 6.54 Å². The highest BCUT2D eigenvalue weighted by Crippen LogP contribution is 2.11. The van der Waals surface area contributed by atoms with Crippen molar-refractivity contribution in [3.05, 3.63) is 0 Å². The molecule has 2 amide bonds. The van der Waals surface area contributed by atoms with Crippen LogP contribution in [0, 0.1) is 0 Å². The number of carboxylic acid groups (broad SMARTS) is 1. The Hall–Kier alpha value is -1.92. The Morgan fingerprint density at radius 1 is 1.00 bits per heavy atom. The molecule has 1 heterocycles. The van der Waals surface area contributed by atoms with Crippen LogP contribution in [0.3, 0.4) is 0 Å². The van der Waals surface area contributed by atoms with Gasteiger partial charge in [0.15, 0.2) is 0 Å². The first-order chi connectivity index (χ1) is 11.5. The number of carbonyl (C=O) groups is 4. The third kappa shape index (κ3) is 15.0. The number of rotatable bonds is 1. The van der Waals surface area contributed by atoms with Crippen molar-refractivity contribution < 1.29 is 24.3 Å². The molecule has 1 atom stereocenters. The van der Waals surface area contributed by atoms with Crippen molar-refractivity contribution >= 4 is 24.1 Å². The number of hydrogen-bond donors (Lipinski definition) is 3. The van der Waals surface area contributed by atoms with Crippen LogP contribution in [0.1, 0.15) is 71.1 Å². The van der Waals surface area contributed by atoms with E-state index >= 15 is 0 Å². The maximum absolute atomic E-state index is 11.6. The summed E-state index contributed by atoms with van der Waals surface area (Å²) in [6.07, 6.45) is 10.7. The van der Waals surface area contributed by atoms with Crippen molar-refractivity contribution in [3.63, 3.8) is 0 Å². The predicted molar refractivity (Wildman–Crippen MR) is 90.5 cm³/mol. The molecular formula is C17H30N2O5. The molecule has 1 rings (SSSR count). The molecule has 1 saturated heterocycles. The van der Waals surface area contributed by atoms with Gasteiger partial charge >= 0.3 is 0 Å². The van der Waals surface area contributed by atoms with Crippen molar-refractivity contribution in [2.24, 2.45) is 0 Å². The molecule has 0 aromatic rings. The van der Waals surface area contributed by atoms with Crippen LogP contribution in [0.5, 0.6) is 0 Å². The smallest absolute Gasteiger partial charge is 0.300 e. The number of nitrogens with one attached hydrogen (secondary N) is 2. The fraction of sp³-hybridized carbons (Fsp3) is 0.765. The van der Waals surface area contributed by atoms with E-state index in [1.807, 2.05) is 0 Å². The summed E-state index contributed by atoms with van der Waals surface area (Å²) in [6, 6.07) is -0.424. The molecule has 1 unspecified atom stereocenters. The number of amides is 2. The summed E-state index contributed by atoms with van der Waals surface area (Å²) in [5.74, 6) is -1.21. The topological polar surface area (TPSA) is 113 Å². The van der Waals surface area contributed by atoms with Gasteiger partial charge in [-0.05, 0) is 12.8 Å². The second-order valence-electron chi connectivity index (χ2n) is 5.97. The van der Waals surface area contributed by atoms with Crippen LogP contribution < -0.4 is 10.6 Å². The molecule has 0 radical (unpaired) electrons. The molecule has 1 fully saturated rings. The van der Waals surface area contributed by atoms with Gasteiger partial charge in [-0.3, -0.25) is 14.4 Å². The zero-order valence-electron chi connectivity index (χ0n) is 14.5. The van der Waals surface area contributed by atoms with Crippen LogP contribution in [0.4, 0.5) is 0 Å². The molecule has 0 aliphatic carbocycles. The Morgan fingerprint density at radius 3 is 2.04 bits per heavy atom. The molecule has 0 aromatic carbocycles. The summed E-state index contributed by atoms with van der Waals surface area (Å²) in [5.41, 5.74) is 0. The Bertz CT molecular complexity index is 394. The Labute approximate surface area is 143 Å². The average molecular weight is 342 g/mol. The van der Waals surface area contributed by atoms with Gasteiger partial charge in [0, 0.05) is 13.3 Å². The summed E-state index contributed by atoms with van der Waals surface area (Å²) >= 11 is 0. The molecule has 138 valence electrons. The van der Waals surface area contributed by atoms with Gasteiger partial charge in [-0.2, -0.15) is 0 Å². The van der Waals surface area contributed by atoms with Gasteiger partial charge in [0.2, 0.25) is 11.8 Å². The van der Waals surface area contributed by atoms with Crippen LogP contribution in [-0.2, 0) is 19.2 Å². The maximum atomic E-state index is 11.6. The minimum Gasteiger partial charge on any atom is -0.481 e. The van der Waals surface area contributed by atoms with Crippen LogP contribution >= 0.6 is 0 Å². The lowest BCUT2D eigenvalue weighted by Crippen LogP contribution is -2.42. The fourth-order valence-electron chi connectivity index (χ4n) is 2.41. The highest BCUT2D eigenvalue weighted by molar-refractivity contribution is 5.86. The molecular weight excluding hydrogens is 312 g/mol. The molecule has 7 heteroatoms. The normalized spacial score (nSPS) is 21.5. The SMILES string of the molecule is CC(=O)O.O=CC1CCCCCCCCCCC(=O)NCC(=O)N1. The lowest BCUT2D eigenvalue weighted by Gasteiger charge is -2.13. The minimum absolute atomic E-state index is 0.0385. The number of aliphatic carboxylic acids is 1. The van der Waals surface area contributed by atoms with Gasteiger partial charge in [-0.25, -0.2) is 0 Å². The van der Waals surface area contributed by atoms with E-state index in [1.54, 1.807) is 0 Å². The molecule has 0 bridgehead atoms. The lowest BCUT2D eigenvalue weighted by atomic mass is 10.0. The first-order valence-electron chi connectivity index (χ1n) is 8.66. The summed E-state index contributed by atoms with van der Waals surface area (Å²) in [4.78, 5) is 43.0. The molecule has 0 saturated carbocycles. The molecule has 1 aliphatic rings. The van der Waals surface area contributed by atoms with E-state index in [9.17, 15) is 14.4 Å². The lowest BCUT2D eigenvalue weighted by molar-refractivity contribution is -0.134. The van der Waals surface area contributed by atoms with Crippen LogP contribution in [0.25, 0.3) is 0 Å². The number of carboxylic acids is 1. The highest BCUT2D eigenvalue weighted by Gasteiger charge is 2.12. The maximum Gasteiger partial charge on any atom is 0.300 e. The number of hydrogen-bond acceptors (Lipinski definition) is 4. The van der Waals surface area contributed by atoms with Gasteiger partial charge in [0.05, 0.1) is 12.6 Å². The third-order valence-electron chi connectivity index (χ3n) is 3.63. The standard InChI is InChI=1S/C15H26N2O3.C2H4O2/c18-12-13-9-7-5-3-1-2-4-6-8-10-14(19)16-11-15(20)17-13;1-2(3)4/h12-13H,1-11H2,(H,16,19)(H,17,20);1H3,(H,3,4). The Kier molecular flexibility index (Phi) is 13.5. The van der Waals surface area contributed by atoms with Crippen LogP contribution in [-0.4, -0.2) is 41.8 Å². The van der Waals surface area contributed by atoms with Gasteiger partial charge in [-0.15, -0.1) is 0 Å². The van der Waals surface area contributed by atoms with Gasteiger partial charge in [0.25, 0.3) is 5.97 Å². The first kappa shape index (κ1) is 22.1. The van der Waals surface area contributed by atoms with E-state index < -0.39 is 12.0 Å². The largest absolute Gasteiger partial charge is 0.481 e. The summed E-state index contributed by atoms with van der Waals surface area (Å²) in [7, 11) is 0. The average Bonchev–Trinajstić information content (AvgIpc) is 2.52. The first-order valence-corrected chi connectivity index (χ1v) is 8.66. The second-order valence-corrected chi connectivity index (χ2v) is 5.97. The molecule has 0 aromatic heterocycles. The summed E-state index contributed by atoms with van der Waals surface area (Å²) < 4.78 is 0. The third-order valence-corrected chi connectivity index (χ3v) is 3.63. The van der Waals surface area contributed by atoms with Crippen LogP contribution in [0.2, 0.25) is 0 Å². The molecule has 1 aliphatic heterocycles. The molecule has 3 N–H and O–H groups in total. The fourth-order valence-corrected chi connectivity index (χ4v) is 2.41. The van der Waals surface area contributed by atoms with Crippen molar-refractivity contribution in [3.8, 4) is 0 Å². The van der Waals surface area contributed by atoms with E-state index in [0.717, 1.165) is 38.9 Å². The monoisotopic (exact) mass is 342 g/mol. The van der Waals surface area contributed by atoms with Gasteiger partial charge in [-0.1, -0.05) is 44.9 Å². The van der Waals surface area contributed by atoms with Crippen molar-refractivity contribution in [1.29, 1.82) is 0 Å². The molecule has 7 nitrogen and oxygen atoms in total. The van der Waals surface area contributed by atoms with E-state index in [4.69, 9.17) is 9.90 Å². The van der Waals surface area contributed by atoms with E-state index in [-0.39, 0.29) is 18.4 Å². The predicted octanol–water partition coefficient (Wildman–Crippen LogP) is 1.79. The second kappa shape index (κ2) is 14.7. The van der Waals surface area contributed by atoms with Gasteiger partial charge in [0.1, 0.15) is 6.29 Å². The minimum atomic E-state index is -0.833. The van der Waals surface area contributed by atoms with E-state index in [1.165, 1.54) is 25.7 Å². The summed E-state index contributed by atoms with van der Waals surface area (Å²) in [6.45, 7) is 1.04. The summed E-state index contributed by atoms with van der Waals surface area (Å²) in [5, 5.41) is 12.7. The highest BCUT2D eigenvalue weighted by atomic mass is 16.4. The van der Waals surface area contributed by atoms with Crippen LogP contribution in [0.15, 0.2) is 0 Å². The number of aldehydes is 1. The zero-order chi connectivity index (χ0) is 18.2. The van der Waals surface area contributed by atoms with E-state index in [2.05, 4.69) is 10.6 Å². The Morgan fingerprint density at radius 2 is 1.50 bits per heavy atom. The molecule has 0 spiro atoms. The van der Waals surface area contributed by atoms with E-state index in [0.29, 0.717) is 12.8 Å². The zero-order valence-corrected chi connectivity index (χ0v) is 14.5. The van der Waals surface area contributed by atoms with Crippen molar-refractivity contribution in [2.45, 2.75) is 77.2 Å².